The maximum absolute atomic E-state index is 3.72. The zero-order valence-corrected chi connectivity index (χ0v) is 11.6. The zero-order valence-electron chi connectivity index (χ0n) is 11.6. The van der Waals surface area contributed by atoms with Gasteiger partial charge < -0.3 is 5.32 Å². The third-order valence-electron chi connectivity index (χ3n) is 4.23. The van der Waals surface area contributed by atoms with Crippen LogP contribution in [0.15, 0.2) is 12.1 Å². The molecule has 1 saturated carbocycles. The Balaban J connectivity index is 1.97. The topological polar surface area (TPSA) is 12.0 Å². The number of hydrogen-bond acceptors (Lipinski definition) is 1. The van der Waals surface area contributed by atoms with Gasteiger partial charge in [0.1, 0.15) is 0 Å². The number of nitrogens with one attached hydrogen (secondary N) is 1. The van der Waals surface area contributed by atoms with E-state index in [2.05, 4.69) is 45.1 Å². The molecule has 0 aromatic heterocycles. The molecule has 0 spiro atoms. The van der Waals surface area contributed by atoms with Crippen molar-refractivity contribution in [3.63, 3.8) is 0 Å². The van der Waals surface area contributed by atoms with Gasteiger partial charge >= 0.3 is 0 Å². The van der Waals surface area contributed by atoms with Crippen LogP contribution >= 0.6 is 0 Å². The summed E-state index contributed by atoms with van der Waals surface area (Å²) in [7, 11) is 0. The van der Waals surface area contributed by atoms with Crippen LogP contribution in [0.25, 0.3) is 0 Å². The first-order valence-electron chi connectivity index (χ1n) is 6.86. The summed E-state index contributed by atoms with van der Waals surface area (Å²) in [4.78, 5) is 0. The van der Waals surface area contributed by atoms with Gasteiger partial charge in [0.2, 0.25) is 0 Å². The summed E-state index contributed by atoms with van der Waals surface area (Å²) in [6, 6.07) is 5.39. The molecular weight excluding hydrogens is 206 g/mol. The highest BCUT2D eigenvalue weighted by atomic mass is 14.9. The average Bonchev–Trinajstić information content (AvgIpc) is 2.68. The Morgan fingerprint density at radius 1 is 1.06 bits per heavy atom. The molecule has 1 heteroatoms. The van der Waals surface area contributed by atoms with Crippen LogP contribution in [-0.2, 0) is 6.54 Å². The second-order valence-electron chi connectivity index (χ2n) is 5.86. The van der Waals surface area contributed by atoms with Crippen molar-refractivity contribution in [2.75, 3.05) is 0 Å². The Labute approximate surface area is 106 Å². The van der Waals surface area contributed by atoms with Gasteiger partial charge in [-0.05, 0) is 68.2 Å². The minimum absolute atomic E-state index is 0.742. The molecule has 1 aromatic rings. The Bertz CT molecular complexity index is 395. The molecule has 1 aliphatic carbocycles. The van der Waals surface area contributed by atoms with Crippen molar-refractivity contribution in [3.05, 3.63) is 34.4 Å². The minimum Gasteiger partial charge on any atom is -0.310 e. The SMILES string of the molecule is Cc1cc(C)c(CNC2CCC(C)C2)cc1C. The standard InChI is InChI=1S/C16H25N/c1-11-5-6-16(7-11)17-10-15-9-13(3)12(2)8-14(15)4/h8-9,11,16-17H,5-7,10H2,1-4H3. The van der Waals surface area contributed by atoms with Crippen LogP contribution in [-0.4, -0.2) is 6.04 Å². The Kier molecular flexibility index (Phi) is 3.88. The fourth-order valence-corrected chi connectivity index (χ4v) is 2.86. The van der Waals surface area contributed by atoms with Gasteiger partial charge in [-0.3, -0.25) is 0 Å². The van der Waals surface area contributed by atoms with Gasteiger partial charge in [-0.25, -0.2) is 0 Å². The van der Waals surface area contributed by atoms with Crippen LogP contribution in [0.1, 0.15) is 48.4 Å². The predicted octanol–water partition coefficient (Wildman–Crippen LogP) is 3.89. The summed E-state index contributed by atoms with van der Waals surface area (Å²) in [5.41, 5.74) is 5.70. The molecule has 2 rings (SSSR count). The molecule has 0 heterocycles. The largest absolute Gasteiger partial charge is 0.310 e. The second-order valence-corrected chi connectivity index (χ2v) is 5.86. The molecule has 0 radical (unpaired) electrons. The lowest BCUT2D eigenvalue weighted by Crippen LogP contribution is -2.26. The van der Waals surface area contributed by atoms with E-state index < -0.39 is 0 Å². The van der Waals surface area contributed by atoms with Gasteiger partial charge in [0.05, 0.1) is 0 Å². The summed E-state index contributed by atoms with van der Waals surface area (Å²) >= 11 is 0. The fraction of sp³-hybridized carbons (Fsp3) is 0.625. The van der Waals surface area contributed by atoms with Gasteiger partial charge in [-0.2, -0.15) is 0 Å². The van der Waals surface area contributed by atoms with Crippen LogP contribution in [0, 0.1) is 26.7 Å². The van der Waals surface area contributed by atoms with Crippen molar-refractivity contribution in [1.82, 2.24) is 5.32 Å². The molecule has 1 fully saturated rings. The van der Waals surface area contributed by atoms with E-state index in [-0.39, 0.29) is 0 Å². The Morgan fingerprint density at radius 2 is 1.76 bits per heavy atom. The van der Waals surface area contributed by atoms with Crippen LogP contribution in [0.2, 0.25) is 0 Å². The molecule has 1 N–H and O–H groups in total. The van der Waals surface area contributed by atoms with E-state index in [9.17, 15) is 0 Å². The molecule has 1 aromatic carbocycles. The van der Waals surface area contributed by atoms with E-state index in [1.54, 1.807) is 0 Å². The quantitative estimate of drug-likeness (QED) is 0.832. The van der Waals surface area contributed by atoms with Gasteiger partial charge in [-0.15, -0.1) is 0 Å². The normalized spacial score (nSPS) is 24.2. The smallest absolute Gasteiger partial charge is 0.0210 e. The molecular formula is C16H25N. The number of aryl methyl sites for hydroxylation is 3. The average molecular weight is 231 g/mol. The number of hydrogen-bond donors (Lipinski definition) is 1. The molecule has 0 saturated heterocycles. The molecule has 17 heavy (non-hydrogen) atoms. The van der Waals surface area contributed by atoms with Crippen molar-refractivity contribution in [1.29, 1.82) is 0 Å². The monoisotopic (exact) mass is 231 g/mol. The third kappa shape index (κ3) is 3.10. The third-order valence-corrected chi connectivity index (χ3v) is 4.23. The first-order valence-corrected chi connectivity index (χ1v) is 6.86. The van der Waals surface area contributed by atoms with E-state index >= 15 is 0 Å². The fourth-order valence-electron chi connectivity index (χ4n) is 2.86. The van der Waals surface area contributed by atoms with E-state index in [4.69, 9.17) is 0 Å². The van der Waals surface area contributed by atoms with Crippen LogP contribution in [0.5, 0.6) is 0 Å². The van der Waals surface area contributed by atoms with Gasteiger partial charge in [-0.1, -0.05) is 19.1 Å². The molecule has 0 amide bonds. The van der Waals surface area contributed by atoms with Crippen molar-refractivity contribution in [3.8, 4) is 0 Å². The summed E-state index contributed by atoms with van der Waals surface area (Å²) in [6.45, 7) is 10.0. The van der Waals surface area contributed by atoms with E-state index in [0.717, 1.165) is 18.5 Å². The summed E-state index contributed by atoms with van der Waals surface area (Å²) in [5, 5.41) is 3.72. The maximum Gasteiger partial charge on any atom is 0.0210 e. The first kappa shape index (κ1) is 12.6. The molecule has 1 nitrogen and oxygen atoms in total. The lowest BCUT2D eigenvalue weighted by atomic mass is 10.0. The van der Waals surface area contributed by atoms with Gasteiger partial charge in [0, 0.05) is 12.6 Å². The lowest BCUT2D eigenvalue weighted by Gasteiger charge is -2.15. The first-order chi connectivity index (χ1) is 8.06. The van der Waals surface area contributed by atoms with Crippen molar-refractivity contribution in [2.45, 2.75) is 59.5 Å². The minimum atomic E-state index is 0.742. The predicted molar refractivity (Wildman–Crippen MR) is 74.3 cm³/mol. The van der Waals surface area contributed by atoms with Crippen molar-refractivity contribution >= 4 is 0 Å². The molecule has 1 aliphatic rings. The highest BCUT2D eigenvalue weighted by molar-refractivity contribution is 5.36. The van der Waals surface area contributed by atoms with E-state index in [0.29, 0.717) is 0 Å². The lowest BCUT2D eigenvalue weighted by molar-refractivity contribution is 0.501. The number of rotatable bonds is 3. The summed E-state index contributed by atoms with van der Waals surface area (Å²) < 4.78 is 0. The van der Waals surface area contributed by atoms with E-state index in [1.165, 1.54) is 41.5 Å². The van der Waals surface area contributed by atoms with Crippen molar-refractivity contribution < 1.29 is 0 Å². The Morgan fingerprint density at radius 3 is 2.41 bits per heavy atom. The Hall–Kier alpha value is -0.820. The zero-order chi connectivity index (χ0) is 12.4. The second kappa shape index (κ2) is 5.22. The van der Waals surface area contributed by atoms with Crippen LogP contribution in [0.3, 0.4) is 0 Å². The van der Waals surface area contributed by atoms with Crippen LogP contribution in [0.4, 0.5) is 0 Å². The molecule has 0 aliphatic heterocycles. The van der Waals surface area contributed by atoms with Gasteiger partial charge in [0.25, 0.3) is 0 Å². The molecule has 0 bridgehead atoms. The highest BCUT2D eigenvalue weighted by Gasteiger charge is 2.20. The maximum atomic E-state index is 3.72. The van der Waals surface area contributed by atoms with Crippen LogP contribution < -0.4 is 5.32 Å². The number of benzene rings is 1. The summed E-state index contributed by atoms with van der Waals surface area (Å²) in [6.07, 6.45) is 4.10. The van der Waals surface area contributed by atoms with Gasteiger partial charge in [0.15, 0.2) is 0 Å². The summed E-state index contributed by atoms with van der Waals surface area (Å²) in [5.74, 6) is 0.911. The highest BCUT2D eigenvalue weighted by Crippen LogP contribution is 2.25. The van der Waals surface area contributed by atoms with Crippen molar-refractivity contribution in [2.24, 2.45) is 5.92 Å². The molecule has 2 atom stereocenters. The molecule has 2 unspecified atom stereocenters. The van der Waals surface area contributed by atoms with E-state index in [1.807, 2.05) is 0 Å². The molecule has 94 valence electrons.